The fourth-order valence-corrected chi connectivity index (χ4v) is 3.02. The van der Waals surface area contributed by atoms with Crippen LogP contribution in [-0.4, -0.2) is 17.0 Å². The number of rotatable bonds is 4. The molecule has 0 aliphatic rings. The van der Waals surface area contributed by atoms with Gasteiger partial charge in [0, 0.05) is 10.0 Å². The Morgan fingerprint density at radius 2 is 1.48 bits per heavy atom. The minimum Gasteiger partial charge on any atom is -0.505 e. The summed E-state index contributed by atoms with van der Waals surface area (Å²) < 4.78 is 0.721. The van der Waals surface area contributed by atoms with E-state index in [1.54, 1.807) is 42.5 Å². The molecular weight excluding hydrogens is 410 g/mol. The number of para-hydroxylation sites is 1. The normalized spacial score (nSPS) is 10.3. The Labute approximate surface area is 164 Å². The molecule has 0 saturated carbocycles. The molecule has 0 unspecified atom stereocenters. The first-order chi connectivity index (χ1) is 13.0. The minimum absolute atomic E-state index is 0.156. The number of urea groups is 1. The average molecular weight is 426 g/mol. The number of nitrogens with one attached hydrogen (secondary N) is 2. The molecule has 0 atom stereocenters. The SMILES string of the molecule is NC(=O)c1ccc(NC(=O)Nc2ccccc2Br)c(O)c1-c1ccccc1. The molecule has 0 heterocycles. The topological polar surface area (TPSA) is 104 Å². The minimum atomic E-state index is -0.673. The molecule has 27 heavy (non-hydrogen) atoms. The molecular formula is C20H16BrN3O3. The summed E-state index contributed by atoms with van der Waals surface area (Å²) in [6.07, 6.45) is 0. The number of halogens is 1. The second-order valence-corrected chi connectivity index (χ2v) is 6.53. The van der Waals surface area contributed by atoms with Gasteiger partial charge in [-0.15, -0.1) is 0 Å². The first-order valence-corrected chi connectivity index (χ1v) is 8.80. The molecule has 3 rings (SSSR count). The Bertz CT molecular complexity index is 1010. The van der Waals surface area contributed by atoms with Crippen molar-refractivity contribution in [3.8, 4) is 16.9 Å². The number of hydrogen-bond donors (Lipinski definition) is 4. The number of anilines is 2. The molecule has 136 valence electrons. The Morgan fingerprint density at radius 1 is 0.852 bits per heavy atom. The second-order valence-electron chi connectivity index (χ2n) is 5.67. The Morgan fingerprint density at radius 3 is 2.15 bits per heavy atom. The van der Waals surface area contributed by atoms with E-state index in [0.29, 0.717) is 11.3 Å². The van der Waals surface area contributed by atoms with Gasteiger partial charge in [-0.05, 0) is 45.8 Å². The summed E-state index contributed by atoms with van der Waals surface area (Å²) in [5, 5.41) is 16.0. The fourth-order valence-electron chi connectivity index (χ4n) is 2.63. The van der Waals surface area contributed by atoms with Crippen LogP contribution in [0.5, 0.6) is 5.75 Å². The molecule has 0 bridgehead atoms. The summed E-state index contributed by atoms with van der Waals surface area (Å²) in [5.41, 5.74) is 7.21. The molecule has 6 nitrogen and oxygen atoms in total. The van der Waals surface area contributed by atoms with Gasteiger partial charge in [0.25, 0.3) is 0 Å². The van der Waals surface area contributed by atoms with E-state index in [1.165, 1.54) is 12.1 Å². The largest absolute Gasteiger partial charge is 0.505 e. The predicted octanol–water partition coefficient (Wildman–Crippen LogP) is 4.56. The van der Waals surface area contributed by atoms with Gasteiger partial charge < -0.3 is 21.5 Å². The number of hydrogen-bond acceptors (Lipinski definition) is 3. The van der Waals surface area contributed by atoms with Crippen LogP contribution in [0.15, 0.2) is 71.2 Å². The van der Waals surface area contributed by atoms with Crippen LogP contribution in [0.3, 0.4) is 0 Å². The Hall–Kier alpha value is -3.32. The fraction of sp³-hybridized carbons (Fsp3) is 0. The summed E-state index contributed by atoms with van der Waals surface area (Å²) in [6, 6.07) is 18.4. The van der Waals surface area contributed by atoms with Crippen molar-refractivity contribution >= 4 is 39.2 Å². The number of carbonyl (C=O) groups excluding carboxylic acids is 2. The zero-order valence-electron chi connectivity index (χ0n) is 14.1. The summed E-state index contributed by atoms with van der Waals surface area (Å²) in [6.45, 7) is 0. The van der Waals surface area contributed by atoms with E-state index in [1.807, 2.05) is 12.1 Å². The standard InChI is InChI=1S/C20H16BrN3O3/c21-14-8-4-5-9-15(14)23-20(27)24-16-11-10-13(19(22)26)17(18(16)25)12-6-2-1-3-7-12/h1-11,25H,(H2,22,26)(H2,23,24,27). The van der Waals surface area contributed by atoms with Crippen LogP contribution in [-0.2, 0) is 0 Å². The summed E-state index contributed by atoms with van der Waals surface area (Å²) >= 11 is 3.35. The van der Waals surface area contributed by atoms with E-state index < -0.39 is 11.9 Å². The zero-order valence-corrected chi connectivity index (χ0v) is 15.7. The highest BCUT2D eigenvalue weighted by Crippen LogP contribution is 2.38. The smallest absolute Gasteiger partial charge is 0.323 e. The lowest BCUT2D eigenvalue weighted by Crippen LogP contribution is -2.20. The van der Waals surface area contributed by atoms with Gasteiger partial charge >= 0.3 is 6.03 Å². The maximum atomic E-state index is 12.3. The van der Waals surface area contributed by atoms with Crippen LogP contribution in [0.4, 0.5) is 16.2 Å². The Kier molecular flexibility index (Phi) is 5.42. The molecule has 0 radical (unpaired) electrons. The van der Waals surface area contributed by atoms with E-state index in [-0.39, 0.29) is 22.6 Å². The highest BCUT2D eigenvalue weighted by atomic mass is 79.9. The van der Waals surface area contributed by atoms with Gasteiger partial charge in [0.05, 0.1) is 16.9 Å². The molecule has 0 spiro atoms. The number of aromatic hydroxyl groups is 1. The first kappa shape index (κ1) is 18.5. The van der Waals surface area contributed by atoms with Crippen molar-refractivity contribution in [3.63, 3.8) is 0 Å². The van der Waals surface area contributed by atoms with Crippen LogP contribution in [0, 0.1) is 0 Å². The van der Waals surface area contributed by atoms with Crippen LogP contribution in [0.1, 0.15) is 10.4 Å². The number of amides is 3. The summed E-state index contributed by atoms with van der Waals surface area (Å²) in [4.78, 5) is 24.1. The van der Waals surface area contributed by atoms with E-state index in [0.717, 1.165) is 4.47 Å². The monoisotopic (exact) mass is 425 g/mol. The molecule has 7 heteroatoms. The molecule has 3 aromatic rings. The molecule has 0 aliphatic heterocycles. The second kappa shape index (κ2) is 7.92. The number of phenolic OH excluding ortho intramolecular Hbond substituents is 1. The maximum absolute atomic E-state index is 12.3. The highest BCUT2D eigenvalue weighted by molar-refractivity contribution is 9.10. The van der Waals surface area contributed by atoms with E-state index >= 15 is 0 Å². The quantitative estimate of drug-likeness (QED) is 0.460. The number of benzene rings is 3. The van der Waals surface area contributed by atoms with E-state index in [2.05, 4.69) is 26.6 Å². The van der Waals surface area contributed by atoms with Crippen molar-refractivity contribution in [2.24, 2.45) is 5.73 Å². The molecule has 0 aliphatic carbocycles. The maximum Gasteiger partial charge on any atom is 0.323 e. The van der Waals surface area contributed by atoms with Crippen LogP contribution in [0.25, 0.3) is 11.1 Å². The van der Waals surface area contributed by atoms with Crippen molar-refractivity contribution in [3.05, 3.63) is 76.8 Å². The number of nitrogens with two attached hydrogens (primary N) is 1. The van der Waals surface area contributed by atoms with Gasteiger partial charge in [0.2, 0.25) is 5.91 Å². The van der Waals surface area contributed by atoms with Gasteiger partial charge in [-0.25, -0.2) is 4.79 Å². The number of primary amides is 1. The molecule has 3 aromatic carbocycles. The first-order valence-electron chi connectivity index (χ1n) is 8.01. The average Bonchev–Trinajstić information content (AvgIpc) is 2.65. The van der Waals surface area contributed by atoms with Crippen molar-refractivity contribution in [1.29, 1.82) is 0 Å². The third kappa shape index (κ3) is 4.09. The lowest BCUT2D eigenvalue weighted by Gasteiger charge is -2.15. The van der Waals surface area contributed by atoms with Gasteiger partial charge in [0.1, 0.15) is 5.75 Å². The van der Waals surface area contributed by atoms with Crippen molar-refractivity contribution < 1.29 is 14.7 Å². The number of phenols is 1. The highest BCUT2D eigenvalue weighted by Gasteiger charge is 2.19. The molecule has 0 aromatic heterocycles. The summed E-state index contributed by atoms with van der Waals surface area (Å²) in [5.74, 6) is -0.909. The lowest BCUT2D eigenvalue weighted by atomic mass is 9.97. The van der Waals surface area contributed by atoms with Gasteiger partial charge in [-0.1, -0.05) is 42.5 Å². The van der Waals surface area contributed by atoms with Gasteiger partial charge in [-0.2, -0.15) is 0 Å². The zero-order chi connectivity index (χ0) is 19.4. The van der Waals surface area contributed by atoms with Crippen molar-refractivity contribution in [1.82, 2.24) is 0 Å². The van der Waals surface area contributed by atoms with Crippen LogP contribution >= 0.6 is 15.9 Å². The van der Waals surface area contributed by atoms with Crippen LogP contribution < -0.4 is 16.4 Å². The van der Waals surface area contributed by atoms with Gasteiger partial charge in [0.15, 0.2) is 0 Å². The van der Waals surface area contributed by atoms with E-state index in [9.17, 15) is 14.7 Å². The third-order valence-corrected chi connectivity index (χ3v) is 4.57. The van der Waals surface area contributed by atoms with E-state index in [4.69, 9.17) is 5.73 Å². The lowest BCUT2D eigenvalue weighted by molar-refractivity contribution is 0.100. The summed E-state index contributed by atoms with van der Waals surface area (Å²) in [7, 11) is 0. The number of carbonyl (C=O) groups is 2. The molecule has 3 amide bonds. The van der Waals surface area contributed by atoms with Crippen molar-refractivity contribution in [2.75, 3.05) is 10.6 Å². The molecule has 0 fully saturated rings. The van der Waals surface area contributed by atoms with Crippen molar-refractivity contribution in [2.45, 2.75) is 0 Å². The molecule has 0 saturated heterocycles. The predicted molar refractivity (Wildman–Crippen MR) is 109 cm³/mol. The van der Waals surface area contributed by atoms with Crippen LogP contribution in [0.2, 0.25) is 0 Å². The van der Waals surface area contributed by atoms with Gasteiger partial charge in [-0.3, -0.25) is 4.79 Å². The third-order valence-electron chi connectivity index (χ3n) is 3.88. The molecule has 5 N–H and O–H groups in total. The Balaban J connectivity index is 1.94.